The highest BCUT2D eigenvalue weighted by molar-refractivity contribution is 5.81. The van der Waals surface area contributed by atoms with Crippen molar-refractivity contribution in [2.24, 2.45) is 5.92 Å². The number of rotatable bonds is 5. The molecule has 110 valence electrons. The third kappa shape index (κ3) is 4.77. The standard InChI is InChI=1S/C15H29N3O/c1-12(11-18-8-3-4-9-18)10-16-15(19)14-7-5-6-13(2)17-14/h12-14,17H,3-11H2,1-2H3,(H,16,19). The lowest BCUT2D eigenvalue weighted by atomic mass is 9.99. The number of amides is 1. The number of hydrogen-bond acceptors (Lipinski definition) is 3. The van der Waals surface area contributed by atoms with Crippen molar-refractivity contribution in [3.63, 3.8) is 0 Å². The summed E-state index contributed by atoms with van der Waals surface area (Å²) < 4.78 is 0. The van der Waals surface area contributed by atoms with Crippen LogP contribution in [-0.4, -0.2) is 49.1 Å². The van der Waals surface area contributed by atoms with Crippen LogP contribution in [-0.2, 0) is 4.79 Å². The molecule has 0 bridgehead atoms. The maximum absolute atomic E-state index is 12.1. The summed E-state index contributed by atoms with van der Waals surface area (Å²) in [7, 11) is 0. The van der Waals surface area contributed by atoms with Gasteiger partial charge in [-0.3, -0.25) is 4.79 Å². The van der Waals surface area contributed by atoms with Crippen molar-refractivity contribution in [3.05, 3.63) is 0 Å². The van der Waals surface area contributed by atoms with Gasteiger partial charge in [0.15, 0.2) is 0 Å². The van der Waals surface area contributed by atoms with E-state index in [2.05, 4.69) is 29.4 Å². The van der Waals surface area contributed by atoms with Gasteiger partial charge in [-0.05, 0) is 58.0 Å². The molecule has 3 unspecified atom stereocenters. The first kappa shape index (κ1) is 14.8. The molecule has 0 radical (unpaired) electrons. The van der Waals surface area contributed by atoms with E-state index in [0.717, 1.165) is 25.9 Å². The van der Waals surface area contributed by atoms with Crippen molar-refractivity contribution in [1.82, 2.24) is 15.5 Å². The minimum atomic E-state index is 0.0303. The number of nitrogens with zero attached hydrogens (tertiary/aromatic N) is 1. The van der Waals surface area contributed by atoms with Crippen LogP contribution in [0.3, 0.4) is 0 Å². The van der Waals surface area contributed by atoms with E-state index in [0.29, 0.717) is 12.0 Å². The molecule has 2 rings (SSSR count). The Kier molecular flexibility index (Phi) is 5.64. The highest BCUT2D eigenvalue weighted by atomic mass is 16.2. The minimum Gasteiger partial charge on any atom is -0.354 e. The van der Waals surface area contributed by atoms with E-state index in [1.54, 1.807) is 0 Å². The van der Waals surface area contributed by atoms with Gasteiger partial charge in [-0.1, -0.05) is 6.92 Å². The van der Waals surface area contributed by atoms with Gasteiger partial charge in [0.05, 0.1) is 6.04 Å². The summed E-state index contributed by atoms with van der Waals surface area (Å²) in [5, 5.41) is 6.51. The molecule has 2 heterocycles. The minimum absolute atomic E-state index is 0.0303. The van der Waals surface area contributed by atoms with E-state index in [9.17, 15) is 4.79 Å². The Bertz CT molecular complexity index is 289. The van der Waals surface area contributed by atoms with Gasteiger partial charge in [0.1, 0.15) is 0 Å². The summed E-state index contributed by atoms with van der Waals surface area (Å²) in [6.45, 7) is 8.79. The van der Waals surface area contributed by atoms with E-state index in [1.165, 1.54) is 32.4 Å². The monoisotopic (exact) mass is 267 g/mol. The van der Waals surface area contributed by atoms with Gasteiger partial charge >= 0.3 is 0 Å². The normalized spacial score (nSPS) is 30.2. The number of piperidine rings is 1. The Morgan fingerprint density at radius 1 is 1.32 bits per heavy atom. The Hall–Kier alpha value is -0.610. The van der Waals surface area contributed by atoms with Gasteiger partial charge in [-0.25, -0.2) is 0 Å². The topological polar surface area (TPSA) is 44.4 Å². The zero-order valence-electron chi connectivity index (χ0n) is 12.5. The average Bonchev–Trinajstić information content (AvgIpc) is 2.88. The van der Waals surface area contributed by atoms with Crippen LogP contribution >= 0.6 is 0 Å². The predicted octanol–water partition coefficient (Wildman–Crippen LogP) is 1.37. The average molecular weight is 267 g/mol. The number of nitrogens with one attached hydrogen (secondary N) is 2. The van der Waals surface area contributed by atoms with E-state index in [1.807, 2.05) is 0 Å². The zero-order chi connectivity index (χ0) is 13.7. The summed E-state index contributed by atoms with van der Waals surface area (Å²) in [5.74, 6) is 0.739. The first-order valence-corrected chi connectivity index (χ1v) is 7.91. The van der Waals surface area contributed by atoms with Crippen molar-refractivity contribution in [3.8, 4) is 0 Å². The SMILES string of the molecule is CC(CNC(=O)C1CCCC(C)N1)CN1CCCC1. The van der Waals surface area contributed by atoms with E-state index in [-0.39, 0.29) is 11.9 Å². The number of likely N-dealkylation sites (tertiary alicyclic amines) is 1. The fourth-order valence-corrected chi connectivity index (χ4v) is 3.21. The predicted molar refractivity (Wildman–Crippen MR) is 78.1 cm³/mol. The van der Waals surface area contributed by atoms with Gasteiger partial charge in [-0.2, -0.15) is 0 Å². The number of carbonyl (C=O) groups excluding carboxylic acids is 1. The summed E-state index contributed by atoms with van der Waals surface area (Å²) in [6.07, 6.45) is 6.01. The molecular formula is C15H29N3O. The van der Waals surface area contributed by atoms with Crippen molar-refractivity contribution in [1.29, 1.82) is 0 Å². The molecule has 0 saturated carbocycles. The van der Waals surface area contributed by atoms with Crippen molar-refractivity contribution in [2.45, 2.75) is 58.0 Å². The molecule has 2 aliphatic heterocycles. The molecule has 0 aromatic carbocycles. The Morgan fingerprint density at radius 2 is 2.05 bits per heavy atom. The quantitative estimate of drug-likeness (QED) is 0.790. The molecule has 2 N–H and O–H groups in total. The van der Waals surface area contributed by atoms with Gasteiger partial charge < -0.3 is 15.5 Å². The van der Waals surface area contributed by atoms with Crippen LogP contribution < -0.4 is 10.6 Å². The van der Waals surface area contributed by atoms with Crippen LogP contribution in [0.25, 0.3) is 0 Å². The Morgan fingerprint density at radius 3 is 2.74 bits per heavy atom. The van der Waals surface area contributed by atoms with Crippen LogP contribution in [0.15, 0.2) is 0 Å². The Balaban J connectivity index is 1.64. The second-order valence-corrected chi connectivity index (χ2v) is 6.41. The van der Waals surface area contributed by atoms with Gasteiger partial charge in [0, 0.05) is 19.1 Å². The van der Waals surface area contributed by atoms with Crippen LogP contribution in [0, 0.1) is 5.92 Å². The molecule has 0 spiro atoms. The van der Waals surface area contributed by atoms with Crippen LogP contribution in [0.1, 0.15) is 46.0 Å². The summed E-state index contributed by atoms with van der Waals surface area (Å²) in [6, 6.07) is 0.509. The van der Waals surface area contributed by atoms with Gasteiger partial charge in [0.2, 0.25) is 5.91 Å². The van der Waals surface area contributed by atoms with Gasteiger partial charge in [-0.15, -0.1) is 0 Å². The molecule has 0 aliphatic carbocycles. The lowest BCUT2D eigenvalue weighted by molar-refractivity contribution is -0.124. The molecule has 0 aromatic heterocycles. The van der Waals surface area contributed by atoms with E-state index < -0.39 is 0 Å². The number of hydrogen-bond donors (Lipinski definition) is 2. The van der Waals surface area contributed by atoms with Crippen molar-refractivity contribution >= 4 is 5.91 Å². The van der Waals surface area contributed by atoms with Gasteiger partial charge in [0.25, 0.3) is 0 Å². The van der Waals surface area contributed by atoms with E-state index in [4.69, 9.17) is 0 Å². The molecular weight excluding hydrogens is 238 g/mol. The van der Waals surface area contributed by atoms with Crippen molar-refractivity contribution < 1.29 is 4.79 Å². The van der Waals surface area contributed by atoms with Crippen LogP contribution in [0.2, 0.25) is 0 Å². The molecule has 0 aromatic rings. The second-order valence-electron chi connectivity index (χ2n) is 6.41. The maximum Gasteiger partial charge on any atom is 0.237 e. The van der Waals surface area contributed by atoms with E-state index >= 15 is 0 Å². The lowest BCUT2D eigenvalue weighted by Crippen LogP contribution is -2.51. The first-order chi connectivity index (χ1) is 9.15. The number of carbonyl (C=O) groups is 1. The highest BCUT2D eigenvalue weighted by Crippen LogP contribution is 2.13. The molecule has 2 saturated heterocycles. The molecule has 19 heavy (non-hydrogen) atoms. The Labute approximate surface area is 117 Å². The smallest absolute Gasteiger partial charge is 0.237 e. The molecule has 2 fully saturated rings. The molecule has 2 aliphatic rings. The molecule has 4 heteroatoms. The summed E-state index contributed by atoms with van der Waals surface area (Å²) in [4.78, 5) is 14.6. The molecule has 4 nitrogen and oxygen atoms in total. The third-order valence-corrected chi connectivity index (χ3v) is 4.33. The third-order valence-electron chi connectivity index (χ3n) is 4.33. The maximum atomic E-state index is 12.1. The first-order valence-electron chi connectivity index (χ1n) is 7.91. The van der Waals surface area contributed by atoms with Crippen LogP contribution in [0.4, 0.5) is 0 Å². The fraction of sp³-hybridized carbons (Fsp3) is 0.933. The lowest BCUT2D eigenvalue weighted by Gasteiger charge is -2.28. The molecule has 1 amide bonds. The zero-order valence-corrected chi connectivity index (χ0v) is 12.5. The van der Waals surface area contributed by atoms with Crippen LogP contribution in [0.5, 0.6) is 0 Å². The summed E-state index contributed by atoms with van der Waals surface area (Å²) in [5.41, 5.74) is 0. The molecule has 3 atom stereocenters. The fourth-order valence-electron chi connectivity index (χ4n) is 3.21. The summed E-state index contributed by atoms with van der Waals surface area (Å²) >= 11 is 0. The highest BCUT2D eigenvalue weighted by Gasteiger charge is 2.24. The van der Waals surface area contributed by atoms with Crippen molar-refractivity contribution in [2.75, 3.05) is 26.2 Å². The largest absolute Gasteiger partial charge is 0.354 e. The second kappa shape index (κ2) is 7.25.